The largest absolute Gasteiger partial charge is 0.480 e. The highest BCUT2D eigenvalue weighted by molar-refractivity contribution is 7.99. The lowest BCUT2D eigenvalue weighted by molar-refractivity contribution is -0.137. The standard InChI is InChI=1S/C24H29N3O4S/c1-24(2,3)31-23(30)26(16-18-10-5-4-6-11-18)14-9-15-32-22-25-19-12-7-8-13-20(19)27(22)17-21(28)29/h4-8,10-13H,9,14-17H2,1-3H3,(H,28,29). The summed E-state index contributed by atoms with van der Waals surface area (Å²) in [6.45, 7) is 6.42. The van der Waals surface area contributed by atoms with Crippen LogP contribution in [0.1, 0.15) is 32.8 Å². The van der Waals surface area contributed by atoms with Gasteiger partial charge in [-0.05, 0) is 44.9 Å². The Morgan fingerprint density at radius 3 is 2.47 bits per heavy atom. The fourth-order valence-corrected chi connectivity index (χ4v) is 4.17. The summed E-state index contributed by atoms with van der Waals surface area (Å²) >= 11 is 1.50. The molecule has 0 aliphatic rings. The number of carboxylic acids is 1. The molecule has 170 valence electrons. The number of rotatable bonds is 9. The zero-order chi connectivity index (χ0) is 23.1. The quantitative estimate of drug-likeness (QED) is 0.359. The second-order valence-corrected chi connectivity index (χ2v) is 9.51. The molecular weight excluding hydrogens is 426 g/mol. The zero-order valence-corrected chi connectivity index (χ0v) is 19.5. The molecule has 32 heavy (non-hydrogen) atoms. The number of amides is 1. The third-order valence-electron chi connectivity index (χ3n) is 4.58. The minimum Gasteiger partial charge on any atom is -0.480 e. The van der Waals surface area contributed by atoms with E-state index in [0.29, 0.717) is 30.4 Å². The number of carbonyl (C=O) groups is 2. The highest BCUT2D eigenvalue weighted by atomic mass is 32.2. The SMILES string of the molecule is CC(C)(C)OC(=O)N(CCCSc1nc2ccccc2n1CC(=O)O)Cc1ccccc1. The highest BCUT2D eigenvalue weighted by Gasteiger charge is 2.22. The number of hydrogen-bond acceptors (Lipinski definition) is 5. The topological polar surface area (TPSA) is 84.7 Å². The molecule has 2 aromatic carbocycles. The van der Waals surface area contributed by atoms with Crippen LogP contribution in [0, 0.1) is 0 Å². The molecule has 1 heterocycles. The van der Waals surface area contributed by atoms with E-state index < -0.39 is 11.6 Å². The predicted molar refractivity (Wildman–Crippen MR) is 126 cm³/mol. The molecule has 0 aliphatic carbocycles. The monoisotopic (exact) mass is 455 g/mol. The van der Waals surface area contributed by atoms with Crippen LogP contribution in [-0.2, 0) is 22.6 Å². The molecule has 3 aromatic rings. The van der Waals surface area contributed by atoms with Gasteiger partial charge in [-0.3, -0.25) is 4.79 Å². The summed E-state index contributed by atoms with van der Waals surface area (Å²) in [5.74, 6) is -0.217. The van der Waals surface area contributed by atoms with E-state index in [2.05, 4.69) is 4.98 Å². The molecule has 3 rings (SSSR count). The third-order valence-corrected chi connectivity index (χ3v) is 5.65. The van der Waals surface area contributed by atoms with Crippen LogP contribution in [0.25, 0.3) is 11.0 Å². The number of carbonyl (C=O) groups excluding carboxylic acids is 1. The minimum absolute atomic E-state index is 0.138. The van der Waals surface area contributed by atoms with E-state index in [4.69, 9.17) is 4.74 Å². The van der Waals surface area contributed by atoms with Crippen LogP contribution >= 0.6 is 11.8 Å². The minimum atomic E-state index is -0.908. The number of nitrogens with zero attached hydrogens (tertiary/aromatic N) is 3. The van der Waals surface area contributed by atoms with E-state index in [-0.39, 0.29) is 12.6 Å². The number of aliphatic carboxylic acids is 1. The van der Waals surface area contributed by atoms with Crippen LogP contribution in [0.15, 0.2) is 59.8 Å². The van der Waals surface area contributed by atoms with Crippen molar-refractivity contribution in [1.29, 1.82) is 0 Å². The van der Waals surface area contributed by atoms with Crippen molar-refractivity contribution in [3.63, 3.8) is 0 Å². The maximum atomic E-state index is 12.7. The molecule has 0 saturated carbocycles. The average Bonchev–Trinajstić information content (AvgIpc) is 3.06. The molecule has 7 nitrogen and oxygen atoms in total. The van der Waals surface area contributed by atoms with E-state index in [1.54, 1.807) is 9.47 Å². The Hall–Kier alpha value is -3.00. The molecule has 0 spiro atoms. The van der Waals surface area contributed by atoms with Gasteiger partial charge in [0.25, 0.3) is 0 Å². The number of carboxylic acid groups (broad SMARTS) is 1. The first-order valence-electron chi connectivity index (χ1n) is 10.5. The Balaban J connectivity index is 1.65. The molecule has 0 radical (unpaired) electrons. The van der Waals surface area contributed by atoms with Gasteiger partial charge in [-0.2, -0.15) is 0 Å². The lowest BCUT2D eigenvalue weighted by atomic mass is 10.2. The van der Waals surface area contributed by atoms with Gasteiger partial charge in [0.2, 0.25) is 0 Å². The second kappa shape index (κ2) is 10.5. The first-order chi connectivity index (χ1) is 15.2. The van der Waals surface area contributed by atoms with Gasteiger partial charge in [0, 0.05) is 18.8 Å². The molecule has 1 N–H and O–H groups in total. The number of thioether (sulfide) groups is 1. The van der Waals surface area contributed by atoms with Crippen LogP contribution < -0.4 is 0 Å². The Labute approximate surface area is 192 Å². The first-order valence-corrected chi connectivity index (χ1v) is 11.5. The predicted octanol–water partition coefficient (Wildman–Crippen LogP) is 5.04. The molecular formula is C24H29N3O4S. The van der Waals surface area contributed by atoms with Crippen molar-refractivity contribution in [2.45, 2.75) is 51.0 Å². The number of para-hydroxylation sites is 2. The lowest BCUT2D eigenvalue weighted by Crippen LogP contribution is -2.37. The van der Waals surface area contributed by atoms with E-state index in [1.807, 2.05) is 75.4 Å². The molecule has 1 amide bonds. The highest BCUT2D eigenvalue weighted by Crippen LogP contribution is 2.25. The van der Waals surface area contributed by atoms with Crippen LogP contribution in [-0.4, -0.2) is 49.5 Å². The summed E-state index contributed by atoms with van der Waals surface area (Å²) in [5, 5.41) is 9.96. The van der Waals surface area contributed by atoms with Crippen LogP contribution in [0.5, 0.6) is 0 Å². The summed E-state index contributed by atoms with van der Waals surface area (Å²) < 4.78 is 7.31. The van der Waals surface area contributed by atoms with E-state index >= 15 is 0 Å². The number of aromatic nitrogens is 2. The Morgan fingerprint density at radius 2 is 1.78 bits per heavy atom. The average molecular weight is 456 g/mol. The number of benzene rings is 2. The molecule has 8 heteroatoms. The normalized spacial score (nSPS) is 11.5. The molecule has 0 bridgehead atoms. The van der Waals surface area contributed by atoms with Crippen molar-refractivity contribution in [2.24, 2.45) is 0 Å². The van der Waals surface area contributed by atoms with Crippen LogP contribution in [0.3, 0.4) is 0 Å². The van der Waals surface area contributed by atoms with Gasteiger partial charge >= 0.3 is 12.1 Å². The van der Waals surface area contributed by atoms with Crippen molar-refractivity contribution in [3.05, 3.63) is 60.2 Å². The fraction of sp³-hybridized carbons (Fsp3) is 0.375. The van der Waals surface area contributed by atoms with E-state index in [9.17, 15) is 14.7 Å². The summed E-state index contributed by atoms with van der Waals surface area (Å²) in [6, 6.07) is 17.3. The summed E-state index contributed by atoms with van der Waals surface area (Å²) in [6.07, 6.45) is 0.372. The number of ether oxygens (including phenoxy) is 1. The van der Waals surface area contributed by atoms with Crippen molar-refractivity contribution in [1.82, 2.24) is 14.5 Å². The lowest BCUT2D eigenvalue weighted by Gasteiger charge is -2.27. The van der Waals surface area contributed by atoms with Gasteiger partial charge in [0.1, 0.15) is 12.1 Å². The first kappa shape index (κ1) is 23.7. The fourth-order valence-electron chi connectivity index (χ4n) is 3.24. The number of hydrogen-bond donors (Lipinski definition) is 1. The van der Waals surface area contributed by atoms with Crippen molar-refractivity contribution in [3.8, 4) is 0 Å². The van der Waals surface area contributed by atoms with Gasteiger partial charge in [-0.1, -0.05) is 54.2 Å². The van der Waals surface area contributed by atoms with E-state index in [0.717, 1.165) is 16.6 Å². The summed E-state index contributed by atoms with van der Waals surface area (Å²) in [5.41, 5.74) is 2.05. The Morgan fingerprint density at radius 1 is 1.09 bits per heavy atom. The van der Waals surface area contributed by atoms with Gasteiger partial charge in [0.15, 0.2) is 5.16 Å². The van der Waals surface area contributed by atoms with Crippen LogP contribution in [0.2, 0.25) is 0 Å². The zero-order valence-electron chi connectivity index (χ0n) is 18.7. The molecule has 0 unspecified atom stereocenters. The van der Waals surface area contributed by atoms with Crippen molar-refractivity contribution >= 4 is 34.9 Å². The van der Waals surface area contributed by atoms with Gasteiger partial charge < -0.3 is 19.3 Å². The maximum Gasteiger partial charge on any atom is 0.410 e. The van der Waals surface area contributed by atoms with Gasteiger partial charge in [-0.15, -0.1) is 0 Å². The molecule has 1 aromatic heterocycles. The van der Waals surface area contributed by atoms with Crippen molar-refractivity contribution < 1.29 is 19.4 Å². The Bertz CT molecular complexity index is 1060. The number of fused-ring (bicyclic) bond motifs is 1. The molecule has 0 atom stereocenters. The third kappa shape index (κ3) is 6.75. The number of imidazole rings is 1. The maximum absolute atomic E-state index is 12.7. The summed E-state index contributed by atoms with van der Waals surface area (Å²) in [7, 11) is 0. The molecule has 0 saturated heterocycles. The van der Waals surface area contributed by atoms with Crippen molar-refractivity contribution in [2.75, 3.05) is 12.3 Å². The Kier molecular flexibility index (Phi) is 7.80. The van der Waals surface area contributed by atoms with Gasteiger partial charge in [-0.25, -0.2) is 9.78 Å². The van der Waals surface area contributed by atoms with Crippen LogP contribution in [0.4, 0.5) is 4.79 Å². The molecule has 0 fully saturated rings. The summed E-state index contributed by atoms with van der Waals surface area (Å²) in [4.78, 5) is 30.4. The van der Waals surface area contributed by atoms with Gasteiger partial charge in [0.05, 0.1) is 11.0 Å². The smallest absolute Gasteiger partial charge is 0.410 e. The molecule has 0 aliphatic heterocycles. The second-order valence-electron chi connectivity index (χ2n) is 8.45. The van der Waals surface area contributed by atoms with E-state index in [1.165, 1.54) is 11.8 Å².